The maximum absolute atomic E-state index is 11.9. The summed E-state index contributed by atoms with van der Waals surface area (Å²) < 4.78 is 0. The van der Waals surface area contributed by atoms with Crippen molar-refractivity contribution in [2.75, 3.05) is 0 Å². The Morgan fingerprint density at radius 2 is 1.80 bits per heavy atom. The van der Waals surface area contributed by atoms with Gasteiger partial charge in [-0.1, -0.05) is 69.2 Å². The van der Waals surface area contributed by atoms with Crippen molar-refractivity contribution in [1.29, 1.82) is 0 Å². The molecule has 0 aromatic heterocycles. The van der Waals surface area contributed by atoms with Crippen LogP contribution in [0.5, 0.6) is 0 Å². The molecule has 0 saturated heterocycles. The number of carbonyl (C=O) groups is 1. The van der Waals surface area contributed by atoms with E-state index < -0.39 is 6.10 Å². The van der Waals surface area contributed by atoms with Crippen LogP contribution in [0.1, 0.15) is 70.0 Å². The predicted octanol–water partition coefficient (Wildman–Crippen LogP) is 5.08. The highest BCUT2D eigenvalue weighted by Crippen LogP contribution is 2.20. The van der Waals surface area contributed by atoms with Gasteiger partial charge in [0.25, 0.3) is 0 Å². The van der Waals surface area contributed by atoms with Crippen molar-refractivity contribution in [3.8, 4) is 0 Å². The van der Waals surface area contributed by atoms with Crippen molar-refractivity contribution < 1.29 is 9.90 Å². The van der Waals surface area contributed by atoms with Gasteiger partial charge in [-0.15, -0.1) is 0 Å². The summed E-state index contributed by atoms with van der Waals surface area (Å²) in [6, 6.07) is 6.87. The molecular formula is C17H25ClO2. The zero-order valence-corrected chi connectivity index (χ0v) is 13.0. The first-order chi connectivity index (χ1) is 9.65. The van der Waals surface area contributed by atoms with Crippen LogP contribution in [0.2, 0.25) is 5.02 Å². The maximum atomic E-state index is 11.9. The second-order valence-corrected chi connectivity index (χ2v) is 5.73. The zero-order valence-electron chi connectivity index (χ0n) is 12.3. The summed E-state index contributed by atoms with van der Waals surface area (Å²) in [6.07, 6.45) is 7.61. The normalized spacial score (nSPS) is 12.3. The molecule has 0 amide bonds. The van der Waals surface area contributed by atoms with Crippen molar-refractivity contribution in [2.24, 2.45) is 0 Å². The van der Waals surface area contributed by atoms with Gasteiger partial charge in [-0.3, -0.25) is 4.79 Å². The van der Waals surface area contributed by atoms with E-state index in [1.54, 1.807) is 24.3 Å². The Morgan fingerprint density at radius 3 is 2.45 bits per heavy atom. The molecule has 0 aliphatic carbocycles. The Morgan fingerprint density at radius 1 is 1.15 bits per heavy atom. The van der Waals surface area contributed by atoms with Gasteiger partial charge in [0.05, 0.1) is 0 Å². The number of aliphatic hydroxyl groups is 1. The third kappa shape index (κ3) is 6.53. The number of aliphatic hydroxyl groups excluding tert-OH is 1. The number of hydrogen-bond donors (Lipinski definition) is 1. The molecule has 0 aliphatic heterocycles. The number of ketones is 1. The Kier molecular flexibility index (Phi) is 8.56. The first-order valence-electron chi connectivity index (χ1n) is 7.61. The molecule has 2 nitrogen and oxygen atoms in total. The first-order valence-corrected chi connectivity index (χ1v) is 7.99. The Balaban J connectivity index is 2.22. The fraction of sp³-hybridized carbons (Fsp3) is 0.588. The molecule has 112 valence electrons. The van der Waals surface area contributed by atoms with Gasteiger partial charge in [-0.05, 0) is 24.1 Å². The minimum Gasteiger partial charge on any atom is -0.381 e. The Hall–Kier alpha value is -0.860. The van der Waals surface area contributed by atoms with E-state index >= 15 is 0 Å². The van der Waals surface area contributed by atoms with Crippen molar-refractivity contribution in [3.05, 3.63) is 34.9 Å². The van der Waals surface area contributed by atoms with E-state index in [0.29, 0.717) is 17.0 Å². The fourth-order valence-corrected chi connectivity index (χ4v) is 2.45. The fourth-order valence-electron chi connectivity index (χ4n) is 2.26. The lowest BCUT2D eigenvalue weighted by atomic mass is 10.0. The molecule has 1 aromatic rings. The number of halogens is 1. The van der Waals surface area contributed by atoms with Crippen LogP contribution in [0.4, 0.5) is 0 Å². The van der Waals surface area contributed by atoms with Gasteiger partial charge in [0, 0.05) is 11.4 Å². The van der Waals surface area contributed by atoms with E-state index in [2.05, 4.69) is 6.92 Å². The van der Waals surface area contributed by atoms with E-state index in [0.717, 1.165) is 12.8 Å². The summed E-state index contributed by atoms with van der Waals surface area (Å²) >= 11 is 5.86. The second kappa shape index (κ2) is 9.95. The molecule has 1 aromatic carbocycles. The number of unbranched alkanes of at least 4 members (excludes halogenated alkanes) is 6. The average molecular weight is 297 g/mol. The van der Waals surface area contributed by atoms with Crippen LogP contribution in [0.15, 0.2) is 24.3 Å². The minimum atomic E-state index is -1.03. The summed E-state index contributed by atoms with van der Waals surface area (Å²) in [4.78, 5) is 11.9. The van der Waals surface area contributed by atoms with Gasteiger partial charge in [-0.2, -0.15) is 0 Å². The molecule has 1 unspecified atom stereocenters. The largest absolute Gasteiger partial charge is 0.381 e. The smallest absolute Gasteiger partial charge is 0.165 e. The van der Waals surface area contributed by atoms with E-state index in [-0.39, 0.29) is 5.78 Å². The summed E-state index contributed by atoms with van der Waals surface area (Å²) in [6.45, 7) is 2.20. The van der Waals surface area contributed by atoms with Crippen molar-refractivity contribution in [1.82, 2.24) is 0 Å². The highest BCUT2D eigenvalue weighted by Gasteiger charge is 2.16. The number of benzene rings is 1. The van der Waals surface area contributed by atoms with Crippen LogP contribution < -0.4 is 0 Å². The molecule has 0 saturated carbocycles. The number of carbonyl (C=O) groups excluding carboxylic acids is 1. The van der Waals surface area contributed by atoms with E-state index in [9.17, 15) is 9.90 Å². The van der Waals surface area contributed by atoms with Gasteiger partial charge in [0.15, 0.2) is 5.78 Å². The van der Waals surface area contributed by atoms with Crippen LogP contribution in [0.3, 0.4) is 0 Å². The molecule has 20 heavy (non-hydrogen) atoms. The molecular weight excluding hydrogens is 272 g/mol. The molecule has 3 heteroatoms. The van der Waals surface area contributed by atoms with Gasteiger partial charge in [-0.25, -0.2) is 0 Å². The lowest BCUT2D eigenvalue weighted by Crippen LogP contribution is -2.11. The highest BCUT2D eigenvalue weighted by molar-refractivity contribution is 6.30. The summed E-state index contributed by atoms with van der Waals surface area (Å²) in [5, 5.41) is 10.5. The Labute approximate surface area is 127 Å². The lowest BCUT2D eigenvalue weighted by Gasteiger charge is -2.10. The van der Waals surface area contributed by atoms with Crippen LogP contribution in [-0.4, -0.2) is 10.9 Å². The van der Waals surface area contributed by atoms with Crippen molar-refractivity contribution >= 4 is 17.4 Å². The quantitative estimate of drug-likeness (QED) is 0.611. The first kappa shape index (κ1) is 17.2. The van der Waals surface area contributed by atoms with Gasteiger partial charge < -0.3 is 5.11 Å². The average Bonchev–Trinajstić information content (AvgIpc) is 2.45. The molecule has 1 rings (SSSR count). The lowest BCUT2D eigenvalue weighted by molar-refractivity contribution is -0.127. The molecule has 0 aliphatic rings. The third-order valence-corrected chi connectivity index (χ3v) is 3.73. The minimum absolute atomic E-state index is 0.110. The molecule has 1 N–H and O–H groups in total. The van der Waals surface area contributed by atoms with Gasteiger partial charge in [0.1, 0.15) is 6.10 Å². The molecule has 0 fully saturated rings. The third-order valence-electron chi connectivity index (χ3n) is 3.50. The highest BCUT2D eigenvalue weighted by atomic mass is 35.5. The number of rotatable bonds is 10. The van der Waals surface area contributed by atoms with Gasteiger partial charge in [0.2, 0.25) is 0 Å². The van der Waals surface area contributed by atoms with Crippen LogP contribution in [-0.2, 0) is 4.79 Å². The monoisotopic (exact) mass is 296 g/mol. The molecule has 0 heterocycles. The molecule has 0 radical (unpaired) electrons. The standard InChI is InChI=1S/C17H25ClO2/c1-2-3-4-5-6-7-8-12-16(19)17(20)14-10-9-11-15(18)13-14/h9-11,13,17,20H,2-8,12H2,1H3. The van der Waals surface area contributed by atoms with E-state index in [1.165, 1.54) is 32.1 Å². The second-order valence-electron chi connectivity index (χ2n) is 5.30. The number of Topliss-reactive ketones (excluding diaryl/α,β-unsaturated/α-hetero) is 1. The molecule has 0 bridgehead atoms. The van der Waals surface area contributed by atoms with Gasteiger partial charge >= 0.3 is 0 Å². The topological polar surface area (TPSA) is 37.3 Å². The van der Waals surface area contributed by atoms with E-state index in [4.69, 9.17) is 11.6 Å². The zero-order chi connectivity index (χ0) is 14.8. The van der Waals surface area contributed by atoms with Crippen LogP contribution >= 0.6 is 11.6 Å². The van der Waals surface area contributed by atoms with E-state index in [1.807, 2.05) is 0 Å². The predicted molar refractivity (Wildman–Crippen MR) is 84.0 cm³/mol. The number of hydrogen-bond acceptors (Lipinski definition) is 2. The summed E-state index contributed by atoms with van der Waals surface area (Å²) in [7, 11) is 0. The van der Waals surface area contributed by atoms with Crippen LogP contribution in [0.25, 0.3) is 0 Å². The molecule has 1 atom stereocenters. The molecule has 0 spiro atoms. The maximum Gasteiger partial charge on any atom is 0.165 e. The Bertz CT molecular complexity index is 404. The summed E-state index contributed by atoms with van der Waals surface area (Å²) in [5.74, 6) is -0.110. The SMILES string of the molecule is CCCCCCCCCC(=O)C(O)c1cccc(Cl)c1. The van der Waals surface area contributed by atoms with Crippen molar-refractivity contribution in [2.45, 2.75) is 64.4 Å². The summed E-state index contributed by atoms with van der Waals surface area (Å²) in [5.41, 5.74) is 0.588. The van der Waals surface area contributed by atoms with Crippen LogP contribution in [0, 0.1) is 0 Å². The van der Waals surface area contributed by atoms with Crippen molar-refractivity contribution in [3.63, 3.8) is 0 Å².